The average Bonchev–Trinajstić information content (AvgIpc) is 2.42. The molecule has 0 spiro atoms. The lowest BCUT2D eigenvalue weighted by atomic mass is 9.76. The maximum absolute atomic E-state index is 13.5. The van der Waals surface area contributed by atoms with Gasteiger partial charge in [0.05, 0.1) is 0 Å². The molecule has 0 aromatic heterocycles. The first-order valence-corrected chi connectivity index (χ1v) is 7.40. The van der Waals surface area contributed by atoms with E-state index >= 15 is 0 Å². The molecule has 4 N–H and O–H groups in total. The molecule has 126 valence electrons. The second-order valence-corrected chi connectivity index (χ2v) is 5.82. The summed E-state index contributed by atoms with van der Waals surface area (Å²) in [6, 6.07) is 3.23. The number of aromatic hydroxyl groups is 1. The van der Waals surface area contributed by atoms with E-state index in [0.29, 0.717) is 5.92 Å². The van der Waals surface area contributed by atoms with E-state index in [0.717, 1.165) is 31.7 Å². The topological polar surface area (TPSA) is 61.5 Å². The van der Waals surface area contributed by atoms with Crippen LogP contribution in [0.4, 0.5) is 10.1 Å². The number of hydrogen-bond donors (Lipinski definition) is 3. The van der Waals surface area contributed by atoms with Crippen LogP contribution in [-0.4, -0.2) is 36.2 Å². The summed E-state index contributed by atoms with van der Waals surface area (Å²) >= 11 is 0. The molecule has 4 nitrogen and oxygen atoms in total. The zero-order valence-corrected chi connectivity index (χ0v) is 14.1. The number of anilines is 1. The number of nitrogen functional groups attached to an aromatic ring is 1. The standard InChI is InChI=1S/C15H22FN3O.2ClH/c16-12-5-4-11(15(20)13(12)17)14(10-2-1-3-10)19-8-6-18-7-9-19;;/h4-5,10,14,18,20H,1-3,6-9,17H2;2*1H/t14-;;/m1../s1. The van der Waals surface area contributed by atoms with Crippen molar-refractivity contribution in [1.29, 1.82) is 0 Å². The Bertz CT molecular complexity index is 494. The number of benzene rings is 1. The molecule has 1 aromatic carbocycles. The van der Waals surface area contributed by atoms with Crippen molar-refractivity contribution < 1.29 is 9.50 Å². The second-order valence-electron chi connectivity index (χ2n) is 5.82. The quantitative estimate of drug-likeness (QED) is 0.578. The number of phenols is 1. The molecule has 2 fully saturated rings. The molecule has 0 radical (unpaired) electrons. The highest BCUT2D eigenvalue weighted by atomic mass is 35.5. The molecule has 7 heteroatoms. The predicted octanol–water partition coefficient (Wildman–Crippen LogP) is 2.70. The van der Waals surface area contributed by atoms with Crippen LogP contribution in [0.3, 0.4) is 0 Å². The highest BCUT2D eigenvalue weighted by Crippen LogP contribution is 2.45. The van der Waals surface area contributed by atoms with E-state index < -0.39 is 5.82 Å². The Balaban J connectivity index is 0.00000121. The van der Waals surface area contributed by atoms with Crippen LogP contribution in [0.5, 0.6) is 5.75 Å². The average molecular weight is 352 g/mol. The van der Waals surface area contributed by atoms with Gasteiger partial charge in [-0.2, -0.15) is 0 Å². The third-order valence-corrected chi connectivity index (χ3v) is 4.66. The summed E-state index contributed by atoms with van der Waals surface area (Å²) in [5.74, 6) is -0.0665. The Hall–Kier alpha value is -0.750. The van der Waals surface area contributed by atoms with Crippen LogP contribution in [0.25, 0.3) is 0 Å². The van der Waals surface area contributed by atoms with Gasteiger partial charge < -0.3 is 16.2 Å². The van der Waals surface area contributed by atoms with Gasteiger partial charge in [-0.15, -0.1) is 24.8 Å². The van der Waals surface area contributed by atoms with Crippen LogP contribution >= 0.6 is 24.8 Å². The van der Waals surface area contributed by atoms with E-state index in [9.17, 15) is 9.50 Å². The van der Waals surface area contributed by atoms with Crippen LogP contribution in [0.1, 0.15) is 30.9 Å². The summed E-state index contributed by atoms with van der Waals surface area (Å²) in [6.45, 7) is 3.83. The minimum Gasteiger partial charge on any atom is -0.505 e. The van der Waals surface area contributed by atoms with E-state index in [1.165, 1.54) is 25.3 Å². The molecule has 1 heterocycles. The SMILES string of the molecule is Cl.Cl.Nc1c(F)ccc([C@@H](C2CCC2)N2CCNCC2)c1O. The molecule has 1 aliphatic carbocycles. The predicted molar refractivity (Wildman–Crippen MR) is 91.5 cm³/mol. The normalized spacial score (nSPS) is 20.4. The molecule has 1 saturated heterocycles. The lowest BCUT2D eigenvalue weighted by Gasteiger charge is -2.43. The highest BCUT2D eigenvalue weighted by molar-refractivity contribution is 5.85. The first-order chi connectivity index (χ1) is 9.68. The summed E-state index contributed by atoms with van der Waals surface area (Å²) in [5.41, 5.74) is 6.32. The van der Waals surface area contributed by atoms with Crippen molar-refractivity contribution in [3.63, 3.8) is 0 Å². The third kappa shape index (κ3) is 3.59. The largest absolute Gasteiger partial charge is 0.505 e. The van der Waals surface area contributed by atoms with Crippen molar-refractivity contribution in [3.05, 3.63) is 23.5 Å². The Labute approximate surface area is 143 Å². The number of rotatable bonds is 3. The van der Waals surface area contributed by atoms with Gasteiger partial charge in [0, 0.05) is 37.8 Å². The van der Waals surface area contributed by atoms with E-state index in [1.807, 2.05) is 0 Å². The molecule has 0 bridgehead atoms. The number of nitrogens with one attached hydrogen (secondary N) is 1. The molecule has 1 aromatic rings. The molecular formula is C15H24Cl2FN3O. The molecule has 22 heavy (non-hydrogen) atoms. The molecule has 1 aliphatic heterocycles. The van der Waals surface area contributed by atoms with Crippen LogP contribution in [0, 0.1) is 11.7 Å². The maximum Gasteiger partial charge on any atom is 0.149 e. The van der Waals surface area contributed by atoms with Gasteiger partial charge in [0.1, 0.15) is 17.3 Å². The first-order valence-electron chi connectivity index (χ1n) is 7.40. The molecule has 1 atom stereocenters. The molecule has 0 unspecified atom stereocenters. The monoisotopic (exact) mass is 351 g/mol. The summed E-state index contributed by atoms with van der Waals surface area (Å²) < 4.78 is 13.5. The lowest BCUT2D eigenvalue weighted by molar-refractivity contribution is 0.0819. The van der Waals surface area contributed by atoms with Crippen molar-refractivity contribution in [2.24, 2.45) is 5.92 Å². The molecular weight excluding hydrogens is 328 g/mol. The van der Waals surface area contributed by atoms with Crippen LogP contribution in [0.2, 0.25) is 0 Å². The van der Waals surface area contributed by atoms with Crippen LogP contribution < -0.4 is 11.1 Å². The number of nitrogens with two attached hydrogens (primary N) is 1. The Morgan fingerprint density at radius 3 is 2.41 bits per heavy atom. The van der Waals surface area contributed by atoms with E-state index in [-0.39, 0.29) is 42.3 Å². The number of halogens is 3. The molecule has 2 aliphatic rings. The Morgan fingerprint density at radius 1 is 1.23 bits per heavy atom. The molecule has 1 saturated carbocycles. The van der Waals surface area contributed by atoms with Gasteiger partial charge in [0.15, 0.2) is 0 Å². The van der Waals surface area contributed by atoms with E-state index in [4.69, 9.17) is 5.73 Å². The van der Waals surface area contributed by atoms with Gasteiger partial charge in [-0.3, -0.25) is 4.90 Å². The van der Waals surface area contributed by atoms with Gasteiger partial charge in [-0.05, 0) is 24.8 Å². The Kier molecular flexibility index (Phi) is 7.19. The lowest BCUT2D eigenvalue weighted by Crippen LogP contribution is -2.47. The summed E-state index contributed by atoms with van der Waals surface area (Å²) in [7, 11) is 0. The van der Waals surface area contributed by atoms with E-state index in [1.54, 1.807) is 6.07 Å². The van der Waals surface area contributed by atoms with Gasteiger partial charge in [-0.25, -0.2) is 4.39 Å². The van der Waals surface area contributed by atoms with E-state index in [2.05, 4.69) is 10.2 Å². The Morgan fingerprint density at radius 2 is 1.86 bits per heavy atom. The van der Waals surface area contributed by atoms with Gasteiger partial charge in [0.25, 0.3) is 0 Å². The van der Waals surface area contributed by atoms with Crippen molar-refractivity contribution >= 4 is 30.5 Å². The first kappa shape index (κ1) is 19.3. The number of hydrogen-bond acceptors (Lipinski definition) is 4. The smallest absolute Gasteiger partial charge is 0.149 e. The van der Waals surface area contributed by atoms with Crippen molar-refractivity contribution in [2.75, 3.05) is 31.9 Å². The minimum atomic E-state index is -0.543. The fourth-order valence-electron chi connectivity index (χ4n) is 3.30. The zero-order chi connectivity index (χ0) is 14.1. The van der Waals surface area contributed by atoms with Gasteiger partial charge >= 0.3 is 0 Å². The zero-order valence-electron chi connectivity index (χ0n) is 12.4. The minimum absolute atomic E-state index is 0. The van der Waals surface area contributed by atoms with Crippen molar-refractivity contribution in [2.45, 2.75) is 25.3 Å². The fourth-order valence-corrected chi connectivity index (χ4v) is 3.30. The molecule has 0 amide bonds. The van der Waals surface area contributed by atoms with Crippen LogP contribution in [-0.2, 0) is 0 Å². The van der Waals surface area contributed by atoms with Crippen molar-refractivity contribution in [3.8, 4) is 5.75 Å². The number of nitrogens with zero attached hydrogens (tertiary/aromatic N) is 1. The van der Waals surface area contributed by atoms with Gasteiger partial charge in [0.2, 0.25) is 0 Å². The molecule has 3 rings (SSSR count). The summed E-state index contributed by atoms with van der Waals surface area (Å²) in [6.07, 6.45) is 3.58. The van der Waals surface area contributed by atoms with Crippen LogP contribution in [0.15, 0.2) is 12.1 Å². The summed E-state index contributed by atoms with van der Waals surface area (Å²) in [5, 5.41) is 13.6. The highest BCUT2D eigenvalue weighted by Gasteiger charge is 2.35. The number of piperazine rings is 1. The van der Waals surface area contributed by atoms with Crippen molar-refractivity contribution in [1.82, 2.24) is 10.2 Å². The number of phenolic OH excluding ortho intramolecular Hbond substituents is 1. The van der Waals surface area contributed by atoms with Gasteiger partial charge in [-0.1, -0.05) is 12.5 Å². The fraction of sp³-hybridized carbons (Fsp3) is 0.600. The summed E-state index contributed by atoms with van der Waals surface area (Å²) in [4.78, 5) is 2.40. The third-order valence-electron chi connectivity index (χ3n) is 4.66. The second kappa shape index (κ2) is 8.20. The maximum atomic E-state index is 13.5.